The lowest BCUT2D eigenvalue weighted by molar-refractivity contribution is -0.130. The minimum atomic E-state index is 0.0283. The van der Waals surface area contributed by atoms with Crippen LogP contribution in [0.4, 0.5) is 0 Å². The highest BCUT2D eigenvalue weighted by molar-refractivity contribution is 5.82. The summed E-state index contributed by atoms with van der Waals surface area (Å²) in [6.45, 7) is 6.60. The van der Waals surface area contributed by atoms with Crippen molar-refractivity contribution in [1.82, 2.24) is 15.1 Å². The number of hydrogen-bond donors (Lipinski definition) is 1. The predicted molar refractivity (Wildman–Crippen MR) is 98.1 cm³/mol. The number of nitrogens with one attached hydrogen (secondary N) is 1. The number of carbonyl (C=O) groups excluding carboxylic acids is 2. The van der Waals surface area contributed by atoms with E-state index in [-0.39, 0.29) is 17.9 Å². The Morgan fingerprint density at radius 2 is 1.92 bits per heavy atom. The SMILES string of the molecule is Cc1ccc(CN2C(=O)CCC2CC(=O)NCCN2CCCC2)cc1. The Kier molecular flexibility index (Phi) is 6.08. The molecule has 1 atom stereocenters. The van der Waals surface area contributed by atoms with Crippen molar-refractivity contribution in [3.05, 3.63) is 35.4 Å². The number of aryl methyl sites for hydroxylation is 1. The van der Waals surface area contributed by atoms with E-state index in [1.165, 1.54) is 18.4 Å². The van der Waals surface area contributed by atoms with E-state index in [0.717, 1.165) is 31.6 Å². The Morgan fingerprint density at radius 3 is 2.64 bits per heavy atom. The number of carbonyl (C=O) groups is 2. The van der Waals surface area contributed by atoms with Gasteiger partial charge in [0.05, 0.1) is 0 Å². The van der Waals surface area contributed by atoms with Gasteiger partial charge in [0, 0.05) is 38.5 Å². The molecule has 0 spiro atoms. The number of benzene rings is 1. The molecular formula is C20H29N3O2. The van der Waals surface area contributed by atoms with Crippen LogP contribution in [0.1, 0.15) is 43.2 Å². The highest BCUT2D eigenvalue weighted by Gasteiger charge is 2.32. The van der Waals surface area contributed by atoms with E-state index in [2.05, 4.69) is 41.4 Å². The van der Waals surface area contributed by atoms with Crippen molar-refractivity contribution in [1.29, 1.82) is 0 Å². The highest BCUT2D eigenvalue weighted by Crippen LogP contribution is 2.24. The first-order valence-corrected chi connectivity index (χ1v) is 9.46. The monoisotopic (exact) mass is 343 g/mol. The minimum absolute atomic E-state index is 0.0283. The third-order valence-corrected chi connectivity index (χ3v) is 5.30. The summed E-state index contributed by atoms with van der Waals surface area (Å²) >= 11 is 0. The van der Waals surface area contributed by atoms with Crippen molar-refractivity contribution >= 4 is 11.8 Å². The molecule has 0 radical (unpaired) electrons. The van der Waals surface area contributed by atoms with Crippen molar-refractivity contribution in [3.8, 4) is 0 Å². The van der Waals surface area contributed by atoms with Crippen LogP contribution in [0.5, 0.6) is 0 Å². The smallest absolute Gasteiger partial charge is 0.223 e. The zero-order valence-electron chi connectivity index (χ0n) is 15.2. The summed E-state index contributed by atoms with van der Waals surface area (Å²) in [6.07, 6.45) is 4.29. The summed E-state index contributed by atoms with van der Waals surface area (Å²) in [5, 5.41) is 3.02. The number of hydrogen-bond acceptors (Lipinski definition) is 3. The number of nitrogens with zero attached hydrogens (tertiary/aromatic N) is 2. The quantitative estimate of drug-likeness (QED) is 0.825. The standard InChI is InChI=1S/C20H29N3O2/c1-16-4-6-17(7-5-16)15-23-18(8-9-20(23)25)14-19(24)21-10-13-22-11-2-3-12-22/h4-7,18H,2-3,8-15H2,1H3,(H,21,24). The van der Waals surface area contributed by atoms with Crippen LogP contribution in [0, 0.1) is 6.92 Å². The molecule has 1 N–H and O–H groups in total. The van der Waals surface area contributed by atoms with E-state index in [9.17, 15) is 9.59 Å². The second kappa shape index (κ2) is 8.48. The van der Waals surface area contributed by atoms with Crippen LogP contribution in [0.15, 0.2) is 24.3 Å². The van der Waals surface area contributed by atoms with E-state index >= 15 is 0 Å². The van der Waals surface area contributed by atoms with Gasteiger partial charge in [-0.2, -0.15) is 0 Å². The maximum atomic E-state index is 12.3. The molecular weight excluding hydrogens is 314 g/mol. The van der Waals surface area contributed by atoms with Gasteiger partial charge in [-0.05, 0) is 44.8 Å². The van der Waals surface area contributed by atoms with Crippen molar-refractivity contribution < 1.29 is 9.59 Å². The Labute approximate surface area is 150 Å². The first kappa shape index (κ1) is 17.9. The third-order valence-electron chi connectivity index (χ3n) is 5.30. The van der Waals surface area contributed by atoms with Crippen molar-refractivity contribution in [3.63, 3.8) is 0 Å². The van der Waals surface area contributed by atoms with E-state index in [1.807, 2.05) is 4.90 Å². The molecule has 5 nitrogen and oxygen atoms in total. The lowest BCUT2D eigenvalue weighted by atomic mass is 10.1. The zero-order valence-corrected chi connectivity index (χ0v) is 15.2. The number of amides is 2. The first-order chi connectivity index (χ1) is 12.1. The van der Waals surface area contributed by atoms with E-state index in [1.54, 1.807) is 0 Å². The molecule has 3 rings (SSSR count). The van der Waals surface area contributed by atoms with Gasteiger partial charge < -0.3 is 15.1 Å². The van der Waals surface area contributed by atoms with Gasteiger partial charge in [-0.3, -0.25) is 9.59 Å². The van der Waals surface area contributed by atoms with Crippen LogP contribution in [-0.2, 0) is 16.1 Å². The molecule has 0 aliphatic carbocycles. The Morgan fingerprint density at radius 1 is 1.20 bits per heavy atom. The molecule has 2 amide bonds. The fraction of sp³-hybridized carbons (Fsp3) is 0.600. The molecule has 2 fully saturated rings. The van der Waals surface area contributed by atoms with Crippen molar-refractivity contribution in [2.45, 2.75) is 51.6 Å². The van der Waals surface area contributed by atoms with Gasteiger partial charge in [0.25, 0.3) is 0 Å². The molecule has 1 unspecified atom stereocenters. The molecule has 5 heteroatoms. The zero-order chi connectivity index (χ0) is 17.6. The molecule has 2 aliphatic heterocycles. The fourth-order valence-corrected chi connectivity index (χ4v) is 3.76. The van der Waals surface area contributed by atoms with Crippen LogP contribution in [0.3, 0.4) is 0 Å². The van der Waals surface area contributed by atoms with Gasteiger partial charge in [0.1, 0.15) is 0 Å². The molecule has 2 aliphatic rings. The molecule has 1 aromatic rings. The average molecular weight is 343 g/mol. The highest BCUT2D eigenvalue weighted by atomic mass is 16.2. The Bertz CT molecular complexity index is 593. The molecule has 1 aromatic carbocycles. The van der Waals surface area contributed by atoms with Crippen LogP contribution < -0.4 is 5.32 Å². The van der Waals surface area contributed by atoms with Crippen LogP contribution >= 0.6 is 0 Å². The summed E-state index contributed by atoms with van der Waals surface area (Å²) in [4.78, 5) is 28.7. The van der Waals surface area contributed by atoms with Crippen molar-refractivity contribution in [2.75, 3.05) is 26.2 Å². The molecule has 0 bridgehead atoms. The van der Waals surface area contributed by atoms with Crippen LogP contribution in [0.25, 0.3) is 0 Å². The Hall–Kier alpha value is -1.88. The van der Waals surface area contributed by atoms with Crippen molar-refractivity contribution in [2.24, 2.45) is 0 Å². The molecule has 0 saturated carbocycles. The lowest BCUT2D eigenvalue weighted by Gasteiger charge is -2.25. The molecule has 0 aromatic heterocycles. The second-order valence-corrected chi connectivity index (χ2v) is 7.30. The maximum absolute atomic E-state index is 12.3. The van der Waals surface area contributed by atoms with Gasteiger partial charge in [-0.25, -0.2) is 0 Å². The second-order valence-electron chi connectivity index (χ2n) is 7.30. The van der Waals surface area contributed by atoms with E-state index in [4.69, 9.17) is 0 Å². The molecule has 2 saturated heterocycles. The van der Waals surface area contributed by atoms with Gasteiger partial charge in [0.15, 0.2) is 0 Å². The van der Waals surface area contributed by atoms with Crippen LogP contribution in [-0.4, -0.2) is 53.8 Å². The van der Waals surface area contributed by atoms with E-state index in [0.29, 0.717) is 25.9 Å². The molecule has 2 heterocycles. The third kappa shape index (κ3) is 5.05. The summed E-state index contributed by atoms with van der Waals surface area (Å²) in [6, 6.07) is 8.29. The number of likely N-dealkylation sites (tertiary alicyclic amines) is 2. The Balaban J connectivity index is 1.47. The van der Waals surface area contributed by atoms with Gasteiger partial charge in [-0.1, -0.05) is 29.8 Å². The number of rotatable bonds is 7. The molecule has 25 heavy (non-hydrogen) atoms. The lowest BCUT2D eigenvalue weighted by Crippen LogP contribution is -2.39. The largest absolute Gasteiger partial charge is 0.355 e. The normalized spacial score (nSPS) is 21.1. The maximum Gasteiger partial charge on any atom is 0.223 e. The minimum Gasteiger partial charge on any atom is -0.355 e. The predicted octanol–water partition coefficient (Wildman–Crippen LogP) is 2.09. The summed E-state index contributed by atoms with van der Waals surface area (Å²) in [5.41, 5.74) is 2.34. The van der Waals surface area contributed by atoms with Gasteiger partial charge >= 0.3 is 0 Å². The summed E-state index contributed by atoms with van der Waals surface area (Å²) in [5.74, 6) is 0.225. The summed E-state index contributed by atoms with van der Waals surface area (Å²) < 4.78 is 0. The molecule has 136 valence electrons. The fourth-order valence-electron chi connectivity index (χ4n) is 3.76. The van der Waals surface area contributed by atoms with Gasteiger partial charge in [-0.15, -0.1) is 0 Å². The van der Waals surface area contributed by atoms with Gasteiger partial charge in [0.2, 0.25) is 11.8 Å². The van der Waals surface area contributed by atoms with E-state index < -0.39 is 0 Å². The average Bonchev–Trinajstić information content (AvgIpc) is 3.22. The topological polar surface area (TPSA) is 52.7 Å². The summed E-state index contributed by atoms with van der Waals surface area (Å²) in [7, 11) is 0. The van der Waals surface area contributed by atoms with Crippen LogP contribution in [0.2, 0.25) is 0 Å². The first-order valence-electron chi connectivity index (χ1n) is 9.46.